The standard InChI is InChI=1S/C20H26ClN3O3/c1-14(15-5-3-2-4-6-15)24-13-16(11-18(24)25)20(27)22-17-7-9-23(10-8-17)19(26)12-21/h2-6,14,16-17H,7-13H2,1H3,(H,22,27). The smallest absolute Gasteiger partial charge is 0.237 e. The van der Waals surface area contributed by atoms with Gasteiger partial charge in [0, 0.05) is 32.1 Å². The molecule has 27 heavy (non-hydrogen) atoms. The second kappa shape index (κ2) is 8.74. The number of carbonyl (C=O) groups is 3. The zero-order valence-electron chi connectivity index (χ0n) is 15.6. The molecule has 2 fully saturated rings. The molecule has 0 bridgehead atoms. The van der Waals surface area contributed by atoms with Crippen LogP contribution in [0.25, 0.3) is 0 Å². The molecule has 2 saturated heterocycles. The minimum atomic E-state index is -0.314. The van der Waals surface area contributed by atoms with E-state index in [0.717, 1.165) is 18.4 Å². The summed E-state index contributed by atoms with van der Waals surface area (Å²) < 4.78 is 0. The number of nitrogens with one attached hydrogen (secondary N) is 1. The van der Waals surface area contributed by atoms with Gasteiger partial charge >= 0.3 is 0 Å². The van der Waals surface area contributed by atoms with Gasteiger partial charge in [-0.25, -0.2) is 0 Å². The molecule has 146 valence electrons. The minimum absolute atomic E-state index is 0.00333. The Morgan fingerprint density at radius 1 is 1.22 bits per heavy atom. The molecule has 2 atom stereocenters. The predicted molar refractivity (Wildman–Crippen MR) is 103 cm³/mol. The molecule has 2 heterocycles. The van der Waals surface area contributed by atoms with E-state index in [9.17, 15) is 14.4 Å². The summed E-state index contributed by atoms with van der Waals surface area (Å²) in [4.78, 5) is 40.2. The van der Waals surface area contributed by atoms with Crippen LogP contribution in [0.3, 0.4) is 0 Å². The van der Waals surface area contributed by atoms with Gasteiger partial charge in [-0.1, -0.05) is 30.3 Å². The number of piperidine rings is 1. The second-order valence-electron chi connectivity index (χ2n) is 7.33. The van der Waals surface area contributed by atoms with Gasteiger partial charge in [-0.15, -0.1) is 11.6 Å². The molecule has 2 aliphatic rings. The van der Waals surface area contributed by atoms with E-state index in [2.05, 4.69) is 5.32 Å². The quantitative estimate of drug-likeness (QED) is 0.780. The van der Waals surface area contributed by atoms with E-state index in [1.165, 1.54) is 0 Å². The first kappa shape index (κ1) is 19.7. The molecule has 0 spiro atoms. The SMILES string of the molecule is CC(c1ccccc1)N1CC(C(=O)NC2CCN(C(=O)CCl)CC2)CC1=O. The maximum Gasteiger partial charge on any atom is 0.237 e. The third-order valence-electron chi connectivity index (χ3n) is 5.59. The Morgan fingerprint density at radius 2 is 1.89 bits per heavy atom. The van der Waals surface area contributed by atoms with Crippen LogP contribution in [-0.4, -0.2) is 59.1 Å². The molecule has 1 N–H and O–H groups in total. The maximum absolute atomic E-state index is 12.6. The fourth-order valence-electron chi connectivity index (χ4n) is 3.87. The van der Waals surface area contributed by atoms with Crippen molar-refractivity contribution in [2.75, 3.05) is 25.5 Å². The third kappa shape index (κ3) is 4.61. The van der Waals surface area contributed by atoms with Gasteiger partial charge in [-0.3, -0.25) is 14.4 Å². The van der Waals surface area contributed by atoms with Crippen molar-refractivity contribution in [2.45, 2.75) is 38.3 Å². The van der Waals surface area contributed by atoms with Crippen molar-refractivity contribution in [2.24, 2.45) is 5.92 Å². The average Bonchev–Trinajstić information content (AvgIpc) is 3.10. The van der Waals surface area contributed by atoms with Crippen LogP contribution in [0.5, 0.6) is 0 Å². The Morgan fingerprint density at radius 3 is 2.52 bits per heavy atom. The van der Waals surface area contributed by atoms with E-state index in [1.807, 2.05) is 37.3 Å². The van der Waals surface area contributed by atoms with Crippen molar-refractivity contribution in [3.63, 3.8) is 0 Å². The number of amides is 3. The Balaban J connectivity index is 1.52. The van der Waals surface area contributed by atoms with Crippen LogP contribution in [0, 0.1) is 5.92 Å². The highest BCUT2D eigenvalue weighted by Crippen LogP contribution is 2.28. The molecule has 7 heteroatoms. The number of rotatable bonds is 5. The van der Waals surface area contributed by atoms with Crippen molar-refractivity contribution in [1.29, 1.82) is 0 Å². The van der Waals surface area contributed by atoms with Crippen LogP contribution in [0.15, 0.2) is 30.3 Å². The second-order valence-corrected chi connectivity index (χ2v) is 7.60. The van der Waals surface area contributed by atoms with Crippen molar-refractivity contribution >= 4 is 29.3 Å². The summed E-state index contributed by atoms with van der Waals surface area (Å²) >= 11 is 5.59. The lowest BCUT2D eigenvalue weighted by Crippen LogP contribution is -2.48. The van der Waals surface area contributed by atoms with Gasteiger partial charge in [-0.05, 0) is 25.3 Å². The van der Waals surface area contributed by atoms with E-state index in [-0.39, 0.29) is 48.0 Å². The highest BCUT2D eigenvalue weighted by atomic mass is 35.5. The number of halogens is 1. The Bertz CT molecular complexity index is 689. The van der Waals surface area contributed by atoms with Crippen molar-refractivity contribution in [3.05, 3.63) is 35.9 Å². The summed E-state index contributed by atoms with van der Waals surface area (Å²) in [5.74, 6) is -0.418. The Labute approximate surface area is 164 Å². The lowest BCUT2D eigenvalue weighted by Gasteiger charge is -2.32. The number of benzene rings is 1. The maximum atomic E-state index is 12.6. The zero-order chi connectivity index (χ0) is 19.4. The number of hydrogen-bond acceptors (Lipinski definition) is 3. The summed E-state index contributed by atoms with van der Waals surface area (Å²) in [6.45, 7) is 3.66. The molecular formula is C20H26ClN3O3. The first-order valence-corrected chi connectivity index (χ1v) is 10.0. The number of likely N-dealkylation sites (tertiary alicyclic amines) is 2. The lowest BCUT2D eigenvalue weighted by molar-refractivity contribution is -0.131. The van der Waals surface area contributed by atoms with E-state index >= 15 is 0 Å². The van der Waals surface area contributed by atoms with E-state index in [1.54, 1.807) is 9.80 Å². The number of hydrogen-bond donors (Lipinski definition) is 1. The van der Waals surface area contributed by atoms with Gasteiger partial charge < -0.3 is 15.1 Å². The summed E-state index contributed by atoms with van der Waals surface area (Å²) in [6.07, 6.45) is 1.70. The van der Waals surface area contributed by atoms with Crippen molar-refractivity contribution in [1.82, 2.24) is 15.1 Å². The summed E-state index contributed by atoms with van der Waals surface area (Å²) in [5, 5.41) is 3.07. The average molecular weight is 392 g/mol. The molecule has 0 saturated carbocycles. The molecule has 2 aliphatic heterocycles. The Kier molecular flexibility index (Phi) is 6.37. The third-order valence-corrected chi connectivity index (χ3v) is 5.82. The highest BCUT2D eigenvalue weighted by molar-refractivity contribution is 6.27. The zero-order valence-corrected chi connectivity index (χ0v) is 16.3. The molecule has 6 nitrogen and oxygen atoms in total. The van der Waals surface area contributed by atoms with Crippen LogP contribution in [0.1, 0.15) is 37.8 Å². The van der Waals surface area contributed by atoms with Crippen molar-refractivity contribution in [3.8, 4) is 0 Å². The van der Waals surface area contributed by atoms with Gasteiger partial charge in [-0.2, -0.15) is 0 Å². The molecular weight excluding hydrogens is 366 g/mol. The summed E-state index contributed by atoms with van der Waals surface area (Å²) in [6, 6.07) is 9.87. The lowest BCUT2D eigenvalue weighted by atomic mass is 10.0. The van der Waals surface area contributed by atoms with E-state index in [4.69, 9.17) is 11.6 Å². The topological polar surface area (TPSA) is 69.7 Å². The molecule has 3 amide bonds. The molecule has 0 aliphatic carbocycles. The summed E-state index contributed by atoms with van der Waals surface area (Å²) in [5.41, 5.74) is 1.07. The first-order chi connectivity index (χ1) is 13.0. The van der Waals surface area contributed by atoms with Gasteiger partial charge in [0.1, 0.15) is 5.88 Å². The fraction of sp³-hybridized carbons (Fsp3) is 0.550. The van der Waals surface area contributed by atoms with Crippen LogP contribution in [0.2, 0.25) is 0 Å². The molecule has 1 aromatic rings. The molecule has 1 aromatic carbocycles. The van der Waals surface area contributed by atoms with Crippen LogP contribution in [0.4, 0.5) is 0 Å². The summed E-state index contributed by atoms with van der Waals surface area (Å²) in [7, 11) is 0. The molecule has 0 radical (unpaired) electrons. The normalized spacial score (nSPS) is 22.0. The van der Waals surface area contributed by atoms with E-state index < -0.39 is 0 Å². The van der Waals surface area contributed by atoms with Gasteiger partial charge in [0.15, 0.2) is 0 Å². The Hall–Kier alpha value is -2.08. The molecule has 0 aromatic heterocycles. The molecule has 3 rings (SSSR count). The van der Waals surface area contributed by atoms with Gasteiger partial charge in [0.2, 0.25) is 17.7 Å². The van der Waals surface area contributed by atoms with Crippen LogP contribution >= 0.6 is 11.6 Å². The largest absolute Gasteiger partial charge is 0.353 e. The van der Waals surface area contributed by atoms with Gasteiger partial charge in [0.05, 0.1) is 12.0 Å². The number of carbonyl (C=O) groups excluding carboxylic acids is 3. The minimum Gasteiger partial charge on any atom is -0.353 e. The van der Waals surface area contributed by atoms with Gasteiger partial charge in [0.25, 0.3) is 0 Å². The number of nitrogens with zero attached hydrogens (tertiary/aromatic N) is 2. The first-order valence-electron chi connectivity index (χ1n) is 9.48. The monoisotopic (exact) mass is 391 g/mol. The molecule has 2 unspecified atom stereocenters. The van der Waals surface area contributed by atoms with Crippen molar-refractivity contribution < 1.29 is 14.4 Å². The predicted octanol–water partition coefficient (Wildman–Crippen LogP) is 1.94. The number of alkyl halides is 1. The fourth-order valence-corrected chi connectivity index (χ4v) is 4.04. The van der Waals surface area contributed by atoms with Crippen LogP contribution < -0.4 is 5.32 Å². The van der Waals surface area contributed by atoms with E-state index in [0.29, 0.717) is 19.6 Å². The van der Waals surface area contributed by atoms with Crippen LogP contribution in [-0.2, 0) is 14.4 Å². The highest BCUT2D eigenvalue weighted by Gasteiger charge is 2.37.